The average Bonchev–Trinajstić information content (AvgIpc) is 4.00. The Bertz CT molecular complexity index is 1340. The summed E-state index contributed by atoms with van der Waals surface area (Å²) >= 11 is 0. The lowest BCUT2D eigenvalue weighted by atomic mass is 10.2. The molecule has 0 spiro atoms. The van der Waals surface area contributed by atoms with E-state index in [2.05, 4.69) is 62.0 Å². The van der Waals surface area contributed by atoms with Crippen LogP contribution in [-0.2, 0) is 9.47 Å². The highest BCUT2D eigenvalue weighted by Crippen LogP contribution is 2.20. The number of nitrogens with one attached hydrogen (secondary N) is 4. The van der Waals surface area contributed by atoms with E-state index in [-0.39, 0.29) is 49.2 Å². The zero-order valence-electron chi connectivity index (χ0n) is 40.7. The van der Waals surface area contributed by atoms with Gasteiger partial charge in [-0.1, -0.05) is 77.3 Å². The van der Waals surface area contributed by atoms with Crippen LogP contribution in [0.5, 0.6) is 11.5 Å². The van der Waals surface area contributed by atoms with Crippen molar-refractivity contribution in [3.05, 3.63) is 48.5 Å². The molecular weight excluding hydrogens is 851 g/mol. The van der Waals surface area contributed by atoms with Crippen molar-refractivity contribution in [1.82, 2.24) is 9.80 Å². The van der Waals surface area contributed by atoms with Gasteiger partial charge in [0.15, 0.2) is 12.2 Å². The summed E-state index contributed by atoms with van der Waals surface area (Å²) in [6.07, 6.45) is 16.1. The quantitative estimate of drug-likeness (QED) is 0.0882. The summed E-state index contributed by atoms with van der Waals surface area (Å²) in [5, 5.41) is 5.79. The van der Waals surface area contributed by atoms with Crippen LogP contribution in [-0.4, -0.2) is 126 Å². The first kappa shape index (κ1) is 59.0. The summed E-state index contributed by atoms with van der Waals surface area (Å²) in [5.74, 6) is 1.57. The predicted molar refractivity (Wildman–Crippen MR) is 254 cm³/mol. The number of halogens is 2. The molecule has 2 heterocycles. The number of unbranched alkanes of at least 4 members (excludes halogenated alkanes) is 8. The fourth-order valence-corrected chi connectivity index (χ4v) is 8.23. The number of likely N-dealkylation sites (N-methyl/N-ethyl adjacent to an activating group) is 2. The number of quaternary nitrogens is 2. The SMILES string of the molecule is CCCCCCCOc1cccc(NC(=O)OC(CN2CCCC2)C[NH+](CC)CC)c1.CCCCCCCOc1cccc(NC(=O)OC(CN2CCCC2)C[NH+](CC)CC)c1.[Cl-].[Cl-]. The van der Waals surface area contributed by atoms with Crippen LogP contribution in [0.15, 0.2) is 48.5 Å². The molecule has 14 heteroatoms. The summed E-state index contributed by atoms with van der Waals surface area (Å²) in [7, 11) is 0. The van der Waals surface area contributed by atoms with Crippen molar-refractivity contribution in [2.24, 2.45) is 0 Å². The molecule has 2 amide bonds. The Morgan fingerprint density at radius 2 is 0.906 bits per heavy atom. The average molecular weight is 940 g/mol. The third kappa shape index (κ3) is 26.2. The lowest BCUT2D eigenvalue weighted by Crippen LogP contribution is -3.12. The number of carbonyl (C=O) groups excluding carboxylic acids is 2. The fraction of sp³-hybridized carbons (Fsp3) is 0.720. The highest BCUT2D eigenvalue weighted by atomic mass is 35.5. The van der Waals surface area contributed by atoms with E-state index in [1.54, 1.807) is 0 Å². The molecule has 4 rings (SSSR count). The van der Waals surface area contributed by atoms with E-state index in [1.165, 1.54) is 86.8 Å². The third-order valence-electron chi connectivity index (χ3n) is 12.1. The molecule has 2 aliphatic rings. The standard InChI is InChI=1S/2C25H43N3O3.2ClH/c2*1-4-7-8-9-12-18-30-23-15-13-14-22(19-23)26-25(29)31-24(20-27(5-2)6-3)21-28-16-10-11-17-28;;/h2*13-15,19,24H,4-12,16-18,20-21H2,1-3H3,(H,26,29);2*1H. The van der Waals surface area contributed by atoms with Gasteiger partial charge in [-0.15, -0.1) is 0 Å². The highest BCUT2D eigenvalue weighted by molar-refractivity contribution is 5.85. The van der Waals surface area contributed by atoms with E-state index in [4.69, 9.17) is 18.9 Å². The molecule has 2 unspecified atom stereocenters. The number of nitrogens with zero attached hydrogens (tertiary/aromatic N) is 2. The van der Waals surface area contributed by atoms with Gasteiger partial charge in [-0.3, -0.25) is 20.4 Å². The van der Waals surface area contributed by atoms with Gasteiger partial charge in [0, 0.05) is 36.6 Å². The van der Waals surface area contributed by atoms with Crippen molar-refractivity contribution in [2.45, 2.75) is 144 Å². The van der Waals surface area contributed by atoms with Gasteiger partial charge in [-0.05, 0) is 117 Å². The van der Waals surface area contributed by atoms with Crippen LogP contribution in [0, 0.1) is 0 Å². The number of rotatable bonds is 30. The van der Waals surface area contributed by atoms with E-state index >= 15 is 0 Å². The smallest absolute Gasteiger partial charge is 0.412 e. The molecule has 64 heavy (non-hydrogen) atoms. The number of amides is 2. The van der Waals surface area contributed by atoms with Gasteiger partial charge >= 0.3 is 12.2 Å². The zero-order valence-corrected chi connectivity index (χ0v) is 42.2. The van der Waals surface area contributed by atoms with Crippen LogP contribution in [0.4, 0.5) is 21.0 Å². The van der Waals surface area contributed by atoms with Crippen LogP contribution in [0.1, 0.15) is 131 Å². The van der Waals surface area contributed by atoms with E-state index in [1.807, 2.05) is 48.5 Å². The Hall–Kier alpha value is -3.00. The Labute approximate surface area is 401 Å². The van der Waals surface area contributed by atoms with E-state index < -0.39 is 0 Å². The zero-order chi connectivity index (χ0) is 44.6. The van der Waals surface area contributed by atoms with Crippen molar-refractivity contribution in [3.63, 3.8) is 0 Å². The van der Waals surface area contributed by atoms with Crippen molar-refractivity contribution in [1.29, 1.82) is 0 Å². The maximum Gasteiger partial charge on any atom is 0.412 e. The van der Waals surface area contributed by atoms with Crippen LogP contribution < -0.4 is 54.7 Å². The maximum atomic E-state index is 12.6. The molecule has 4 N–H and O–H groups in total. The molecule has 2 saturated heterocycles. The molecule has 0 aromatic heterocycles. The van der Waals surface area contributed by atoms with Gasteiger partial charge < -0.3 is 53.6 Å². The molecule has 2 aromatic rings. The first-order valence-corrected chi connectivity index (χ1v) is 24.8. The number of hydrogen-bond donors (Lipinski definition) is 4. The van der Waals surface area contributed by atoms with Gasteiger partial charge in [-0.2, -0.15) is 0 Å². The minimum Gasteiger partial charge on any atom is -1.00 e. The monoisotopic (exact) mass is 939 g/mol. The second-order valence-electron chi connectivity index (χ2n) is 17.2. The molecule has 2 atom stereocenters. The molecule has 368 valence electrons. The number of likely N-dealkylation sites (tertiary alicyclic amines) is 2. The first-order chi connectivity index (χ1) is 30.3. The minimum atomic E-state index is -0.382. The van der Waals surface area contributed by atoms with Crippen molar-refractivity contribution in [2.75, 3.05) is 102 Å². The van der Waals surface area contributed by atoms with Crippen molar-refractivity contribution >= 4 is 23.6 Å². The van der Waals surface area contributed by atoms with Crippen LogP contribution in [0.3, 0.4) is 0 Å². The molecule has 0 bridgehead atoms. The predicted octanol–water partition coefficient (Wildman–Crippen LogP) is 1.95. The van der Waals surface area contributed by atoms with Gasteiger partial charge in [0.2, 0.25) is 0 Å². The summed E-state index contributed by atoms with van der Waals surface area (Å²) in [5.41, 5.74) is 1.42. The molecule has 0 radical (unpaired) electrons. The summed E-state index contributed by atoms with van der Waals surface area (Å²) in [6.45, 7) is 26.5. The summed E-state index contributed by atoms with van der Waals surface area (Å²) in [4.78, 5) is 33.0. The number of anilines is 2. The molecule has 2 aliphatic heterocycles. The Kier molecular flexibility index (Phi) is 34.2. The van der Waals surface area contributed by atoms with E-state index in [0.717, 1.165) is 103 Å². The van der Waals surface area contributed by atoms with Gasteiger partial charge in [0.1, 0.15) is 24.6 Å². The summed E-state index contributed by atoms with van der Waals surface area (Å²) < 4.78 is 23.5. The minimum absolute atomic E-state index is 0. The summed E-state index contributed by atoms with van der Waals surface area (Å²) in [6, 6.07) is 15.2. The molecule has 2 aromatic carbocycles. The van der Waals surface area contributed by atoms with Crippen LogP contribution >= 0.6 is 0 Å². The fourth-order valence-electron chi connectivity index (χ4n) is 8.23. The maximum absolute atomic E-state index is 12.6. The van der Waals surface area contributed by atoms with Crippen molar-refractivity contribution < 1.29 is 63.2 Å². The third-order valence-corrected chi connectivity index (χ3v) is 12.1. The molecule has 12 nitrogen and oxygen atoms in total. The Morgan fingerprint density at radius 1 is 0.547 bits per heavy atom. The lowest BCUT2D eigenvalue weighted by Gasteiger charge is -2.26. The molecule has 2 fully saturated rings. The number of benzene rings is 2. The molecular formula is C50H88Cl2N6O6. The van der Waals surface area contributed by atoms with E-state index in [9.17, 15) is 9.59 Å². The number of carbonyl (C=O) groups is 2. The number of ether oxygens (including phenoxy) is 4. The lowest BCUT2D eigenvalue weighted by molar-refractivity contribution is -0.899. The van der Waals surface area contributed by atoms with E-state index in [0.29, 0.717) is 24.6 Å². The van der Waals surface area contributed by atoms with Gasteiger partial charge in [-0.25, -0.2) is 9.59 Å². The molecule has 0 saturated carbocycles. The second-order valence-corrected chi connectivity index (χ2v) is 17.2. The Balaban J connectivity index is 0.000000621. The van der Waals surface area contributed by atoms with Crippen LogP contribution in [0.2, 0.25) is 0 Å². The van der Waals surface area contributed by atoms with Crippen molar-refractivity contribution in [3.8, 4) is 11.5 Å². The largest absolute Gasteiger partial charge is 1.00 e. The first-order valence-electron chi connectivity index (χ1n) is 24.8. The Morgan fingerprint density at radius 3 is 1.25 bits per heavy atom. The van der Waals surface area contributed by atoms with Gasteiger partial charge in [0.05, 0.1) is 39.4 Å². The van der Waals surface area contributed by atoms with Gasteiger partial charge in [0.25, 0.3) is 0 Å². The second kappa shape index (κ2) is 37.1. The highest BCUT2D eigenvalue weighted by Gasteiger charge is 2.26. The number of hydrogen-bond acceptors (Lipinski definition) is 8. The molecule has 0 aliphatic carbocycles. The van der Waals surface area contributed by atoms with Crippen LogP contribution in [0.25, 0.3) is 0 Å². The normalized spacial score (nSPS) is 14.8. The topological polar surface area (TPSA) is 110 Å².